The maximum Gasteiger partial charge on any atom is 0.189 e. The predicted octanol–water partition coefficient (Wildman–Crippen LogP) is 6.19. The molecule has 27 heavy (non-hydrogen) atoms. The Balaban J connectivity index is 1.82. The van der Waals surface area contributed by atoms with E-state index in [1.165, 1.54) is 12.3 Å². The summed E-state index contributed by atoms with van der Waals surface area (Å²) in [6.45, 7) is 2.62. The number of alkyl halides is 1. The molecule has 0 fully saturated rings. The van der Waals surface area contributed by atoms with Crippen LogP contribution in [0.5, 0.6) is 0 Å². The minimum Gasteiger partial charge on any atom is -0.357 e. The zero-order valence-corrected chi connectivity index (χ0v) is 15.6. The van der Waals surface area contributed by atoms with Crippen molar-refractivity contribution in [3.8, 4) is 0 Å². The SMILES string of the molecule is C=C(Cc1ccccc1Cl)Nc1cc2c(cc1F)/C(=C/N(F)CF)C=NS2. The zero-order valence-electron chi connectivity index (χ0n) is 14.1. The molecule has 1 aliphatic rings. The number of hydrogen-bond donors (Lipinski definition) is 1. The van der Waals surface area contributed by atoms with Crippen LogP contribution in [0.2, 0.25) is 5.02 Å². The Morgan fingerprint density at radius 1 is 1.33 bits per heavy atom. The van der Waals surface area contributed by atoms with Gasteiger partial charge in [-0.25, -0.2) is 13.2 Å². The van der Waals surface area contributed by atoms with Crippen molar-refractivity contribution in [3.63, 3.8) is 0 Å². The summed E-state index contributed by atoms with van der Waals surface area (Å²) in [5.41, 5.74) is 2.37. The van der Waals surface area contributed by atoms with E-state index in [0.29, 0.717) is 27.6 Å². The van der Waals surface area contributed by atoms with Crippen LogP contribution in [0, 0.1) is 5.82 Å². The number of benzene rings is 2. The molecule has 0 aliphatic carbocycles. The van der Waals surface area contributed by atoms with Crippen LogP contribution in [0.15, 0.2) is 64.2 Å². The van der Waals surface area contributed by atoms with Crippen LogP contribution in [0.1, 0.15) is 11.1 Å². The van der Waals surface area contributed by atoms with Gasteiger partial charge >= 0.3 is 0 Å². The average molecular weight is 410 g/mol. The van der Waals surface area contributed by atoms with Gasteiger partial charge in [0.15, 0.2) is 6.80 Å². The van der Waals surface area contributed by atoms with Crippen molar-refractivity contribution in [1.29, 1.82) is 0 Å². The molecule has 3 nitrogen and oxygen atoms in total. The quantitative estimate of drug-likeness (QED) is 0.350. The van der Waals surface area contributed by atoms with E-state index in [1.54, 1.807) is 12.1 Å². The van der Waals surface area contributed by atoms with Gasteiger partial charge in [0.2, 0.25) is 0 Å². The van der Waals surface area contributed by atoms with Crippen LogP contribution in [0.25, 0.3) is 5.57 Å². The standard InChI is InChI=1S/C19H15ClF3N3S/c1-12(6-13-4-2-3-5-16(13)20)25-18-8-19-15(7-17(18)22)14(9-24-27-19)10-26(23)11-21/h2-5,7-10,25H,1,6,11H2/b14-10+. The fourth-order valence-corrected chi connectivity index (χ4v) is 3.48. The monoisotopic (exact) mass is 409 g/mol. The number of hydrogen-bond acceptors (Lipinski definition) is 4. The molecule has 2 aromatic rings. The van der Waals surface area contributed by atoms with Gasteiger partial charge in [-0.3, -0.25) is 0 Å². The highest BCUT2D eigenvalue weighted by Crippen LogP contribution is 2.37. The lowest BCUT2D eigenvalue weighted by molar-refractivity contribution is 0.0408. The van der Waals surface area contributed by atoms with Crippen molar-refractivity contribution in [2.75, 3.05) is 12.1 Å². The zero-order chi connectivity index (χ0) is 19.4. The molecule has 0 saturated heterocycles. The van der Waals surface area contributed by atoms with Crippen LogP contribution in [0.3, 0.4) is 0 Å². The Hall–Kier alpha value is -2.38. The minimum atomic E-state index is -1.30. The molecule has 1 heterocycles. The fraction of sp³-hybridized carbons (Fsp3) is 0.105. The summed E-state index contributed by atoms with van der Waals surface area (Å²) in [7, 11) is 0. The third-order valence-corrected chi connectivity index (χ3v) is 4.90. The summed E-state index contributed by atoms with van der Waals surface area (Å²) in [4.78, 5) is 0.616. The Morgan fingerprint density at radius 2 is 2.11 bits per heavy atom. The van der Waals surface area contributed by atoms with Gasteiger partial charge in [-0.05, 0) is 23.8 Å². The number of nitrogens with one attached hydrogen (secondary N) is 1. The Bertz CT molecular complexity index is 930. The number of fused-ring (bicyclic) bond motifs is 1. The molecule has 2 aromatic carbocycles. The van der Waals surface area contributed by atoms with Crippen molar-refractivity contribution >= 4 is 41.0 Å². The summed E-state index contributed by atoms with van der Waals surface area (Å²) >= 11 is 7.26. The van der Waals surface area contributed by atoms with Crippen molar-refractivity contribution in [1.82, 2.24) is 5.12 Å². The first-order valence-corrected chi connectivity index (χ1v) is 9.06. The van der Waals surface area contributed by atoms with Gasteiger partial charge in [0.05, 0.1) is 5.69 Å². The van der Waals surface area contributed by atoms with E-state index >= 15 is 0 Å². The van der Waals surface area contributed by atoms with E-state index in [0.717, 1.165) is 23.7 Å². The third kappa shape index (κ3) is 4.67. The molecule has 0 radical (unpaired) electrons. The van der Waals surface area contributed by atoms with E-state index in [4.69, 9.17) is 11.6 Å². The highest BCUT2D eigenvalue weighted by molar-refractivity contribution is 7.98. The van der Waals surface area contributed by atoms with Gasteiger partial charge in [0, 0.05) is 57.5 Å². The third-order valence-electron chi connectivity index (χ3n) is 3.79. The summed E-state index contributed by atoms with van der Waals surface area (Å²) in [6, 6.07) is 10.2. The summed E-state index contributed by atoms with van der Waals surface area (Å²) < 4.78 is 44.1. The Labute approximate surface area is 164 Å². The molecule has 1 N–H and O–H groups in total. The first kappa shape index (κ1) is 19.4. The van der Waals surface area contributed by atoms with Crippen molar-refractivity contribution < 1.29 is 13.3 Å². The van der Waals surface area contributed by atoms with Crippen molar-refractivity contribution in [3.05, 3.63) is 76.8 Å². The number of allylic oxidation sites excluding steroid dienone is 2. The molecular formula is C19H15ClF3N3S. The predicted molar refractivity (Wildman–Crippen MR) is 106 cm³/mol. The molecule has 3 rings (SSSR count). The first-order valence-electron chi connectivity index (χ1n) is 7.90. The molecule has 0 atom stereocenters. The van der Waals surface area contributed by atoms with Crippen LogP contribution < -0.4 is 5.32 Å². The molecule has 0 aromatic heterocycles. The second-order valence-electron chi connectivity index (χ2n) is 5.75. The molecule has 8 heteroatoms. The normalized spacial score (nSPS) is 14.1. The number of nitrogens with zero attached hydrogens (tertiary/aromatic N) is 2. The second kappa shape index (κ2) is 8.54. The van der Waals surface area contributed by atoms with Gasteiger partial charge in [-0.2, -0.15) is 5.12 Å². The highest BCUT2D eigenvalue weighted by Gasteiger charge is 2.17. The Morgan fingerprint density at radius 3 is 2.85 bits per heavy atom. The van der Waals surface area contributed by atoms with Crippen LogP contribution in [-0.4, -0.2) is 18.1 Å². The summed E-state index contributed by atoms with van der Waals surface area (Å²) in [6.07, 6.45) is 2.73. The lowest BCUT2D eigenvalue weighted by Crippen LogP contribution is -2.08. The summed E-state index contributed by atoms with van der Waals surface area (Å²) in [5.74, 6) is -0.540. The maximum atomic E-state index is 14.6. The lowest BCUT2D eigenvalue weighted by Gasteiger charge is -2.17. The molecule has 1 aliphatic heterocycles. The molecule has 0 unspecified atom stereocenters. The smallest absolute Gasteiger partial charge is 0.189 e. The largest absolute Gasteiger partial charge is 0.357 e. The average Bonchev–Trinajstić information content (AvgIpc) is 2.65. The van der Waals surface area contributed by atoms with Crippen LogP contribution in [0.4, 0.5) is 18.9 Å². The van der Waals surface area contributed by atoms with Crippen LogP contribution in [-0.2, 0) is 6.42 Å². The van der Waals surface area contributed by atoms with Gasteiger partial charge in [0.25, 0.3) is 0 Å². The van der Waals surface area contributed by atoms with E-state index in [9.17, 15) is 13.3 Å². The number of halogens is 4. The fourth-order valence-electron chi connectivity index (χ4n) is 2.55. The van der Waals surface area contributed by atoms with Gasteiger partial charge in [-0.15, -0.1) is 0 Å². The highest BCUT2D eigenvalue weighted by atomic mass is 35.5. The van der Waals surface area contributed by atoms with Crippen molar-refractivity contribution in [2.24, 2.45) is 4.40 Å². The van der Waals surface area contributed by atoms with Crippen LogP contribution >= 0.6 is 23.5 Å². The van der Waals surface area contributed by atoms with Gasteiger partial charge in [0.1, 0.15) is 5.82 Å². The molecule has 0 bridgehead atoms. The Kier molecular flexibility index (Phi) is 6.13. The van der Waals surface area contributed by atoms with Gasteiger partial charge in [-0.1, -0.05) is 40.9 Å². The molecule has 0 amide bonds. The minimum absolute atomic E-state index is 0.128. The van der Waals surface area contributed by atoms with Crippen molar-refractivity contribution in [2.45, 2.75) is 11.3 Å². The first-order chi connectivity index (χ1) is 13.0. The lowest BCUT2D eigenvalue weighted by atomic mass is 10.1. The molecule has 0 saturated carbocycles. The number of anilines is 1. The molecule has 0 spiro atoms. The van der Waals surface area contributed by atoms with Gasteiger partial charge < -0.3 is 5.32 Å². The van der Waals surface area contributed by atoms with E-state index in [2.05, 4.69) is 16.3 Å². The number of rotatable bonds is 6. The van der Waals surface area contributed by atoms with E-state index in [-0.39, 0.29) is 16.4 Å². The maximum absolute atomic E-state index is 14.6. The molecule has 140 valence electrons. The second-order valence-corrected chi connectivity index (χ2v) is 6.99. The molecular weight excluding hydrogens is 395 g/mol. The topological polar surface area (TPSA) is 27.6 Å². The summed E-state index contributed by atoms with van der Waals surface area (Å²) in [5, 5.41) is 3.42. The van der Waals surface area contributed by atoms with E-state index in [1.807, 2.05) is 18.2 Å². The van der Waals surface area contributed by atoms with E-state index < -0.39 is 12.6 Å².